The fourth-order valence-corrected chi connectivity index (χ4v) is 2.26. The van der Waals surface area contributed by atoms with Crippen LogP contribution in [0, 0.1) is 5.82 Å². The van der Waals surface area contributed by atoms with Gasteiger partial charge in [0, 0.05) is 10.6 Å². The van der Waals surface area contributed by atoms with Crippen LogP contribution in [0.1, 0.15) is 24.3 Å². The van der Waals surface area contributed by atoms with Crippen molar-refractivity contribution in [1.82, 2.24) is 5.32 Å². The molecule has 0 bridgehead atoms. The molecule has 2 nitrogen and oxygen atoms in total. The molecule has 1 unspecified atom stereocenters. The number of benzene rings is 1. The molecule has 2 rings (SSSR count). The van der Waals surface area contributed by atoms with E-state index in [0.717, 1.165) is 0 Å². The van der Waals surface area contributed by atoms with Gasteiger partial charge in [-0.1, -0.05) is 24.6 Å². The molecule has 18 heavy (non-hydrogen) atoms. The average molecular weight is 333 g/mol. The van der Waals surface area contributed by atoms with Crippen molar-refractivity contribution in [2.75, 3.05) is 6.54 Å². The van der Waals surface area contributed by atoms with Crippen LogP contribution in [-0.2, 0) is 0 Å². The second kappa shape index (κ2) is 5.87. The van der Waals surface area contributed by atoms with Crippen LogP contribution in [0.3, 0.4) is 0 Å². The predicted octanol–water partition coefficient (Wildman–Crippen LogP) is 4.53. The van der Waals surface area contributed by atoms with Gasteiger partial charge in [-0.25, -0.2) is 4.39 Å². The van der Waals surface area contributed by atoms with Gasteiger partial charge in [-0.15, -0.1) is 0 Å². The van der Waals surface area contributed by atoms with E-state index < -0.39 is 0 Å². The van der Waals surface area contributed by atoms with Crippen molar-refractivity contribution in [2.45, 2.75) is 13.0 Å². The molecule has 0 fully saturated rings. The minimum atomic E-state index is -0.346. The molecule has 0 saturated heterocycles. The van der Waals surface area contributed by atoms with Crippen molar-refractivity contribution < 1.29 is 8.81 Å². The number of halogens is 3. The summed E-state index contributed by atoms with van der Waals surface area (Å²) in [4.78, 5) is 0. The molecule has 0 amide bonds. The van der Waals surface area contributed by atoms with Crippen LogP contribution in [0.2, 0.25) is 5.02 Å². The molecule has 1 heterocycles. The van der Waals surface area contributed by atoms with Crippen LogP contribution < -0.4 is 5.32 Å². The summed E-state index contributed by atoms with van der Waals surface area (Å²) in [5.41, 5.74) is 0.517. The van der Waals surface area contributed by atoms with E-state index in [1.165, 1.54) is 6.07 Å². The predicted molar refractivity (Wildman–Crippen MR) is 73.3 cm³/mol. The molecule has 0 radical (unpaired) electrons. The van der Waals surface area contributed by atoms with Crippen molar-refractivity contribution in [3.05, 3.63) is 57.2 Å². The van der Waals surface area contributed by atoms with Crippen molar-refractivity contribution in [3.63, 3.8) is 0 Å². The van der Waals surface area contributed by atoms with Gasteiger partial charge in [-0.05, 0) is 46.7 Å². The van der Waals surface area contributed by atoms with Crippen LogP contribution in [0.15, 0.2) is 39.4 Å². The van der Waals surface area contributed by atoms with Gasteiger partial charge in [0.2, 0.25) is 0 Å². The highest BCUT2D eigenvalue weighted by Crippen LogP contribution is 2.29. The lowest BCUT2D eigenvalue weighted by Gasteiger charge is -2.16. The second-order valence-electron chi connectivity index (χ2n) is 3.80. The van der Waals surface area contributed by atoms with Crippen molar-refractivity contribution in [1.29, 1.82) is 0 Å². The van der Waals surface area contributed by atoms with E-state index in [9.17, 15) is 4.39 Å². The Labute approximate surface area is 118 Å². The lowest BCUT2D eigenvalue weighted by Crippen LogP contribution is -2.22. The number of hydrogen-bond acceptors (Lipinski definition) is 2. The first-order valence-corrected chi connectivity index (χ1v) is 6.72. The summed E-state index contributed by atoms with van der Waals surface area (Å²) in [7, 11) is 0. The normalized spacial score (nSPS) is 12.7. The lowest BCUT2D eigenvalue weighted by atomic mass is 10.0. The zero-order chi connectivity index (χ0) is 13.1. The molecule has 96 valence electrons. The quantitative estimate of drug-likeness (QED) is 0.889. The van der Waals surface area contributed by atoms with Gasteiger partial charge in [-0.2, -0.15) is 0 Å². The Morgan fingerprint density at radius 1 is 1.39 bits per heavy atom. The summed E-state index contributed by atoms with van der Waals surface area (Å²) in [6.45, 7) is 2.66. The molecule has 2 aromatic rings. The number of rotatable bonds is 4. The van der Waals surface area contributed by atoms with E-state index in [1.54, 1.807) is 18.2 Å². The molecule has 0 spiro atoms. The zero-order valence-corrected chi connectivity index (χ0v) is 12.1. The van der Waals surface area contributed by atoms with Crippen LogP contribution in [0.5, 0.6) is 0 Å². The molecular weight excluding hydrogens is 321 g/mol. The number of nitrogens with one attached hydrogen (secondary N) is 1. The van der Waals surface area contributed by atoms with E-state index in [2.05, 4.69) is 21.2 Å². The molecule has 1 atom stereocenters. The SMILES string of the molecule is CCNC(c1ccc(Br)o1)c1ccc(Cl)cc1F. The smallest absolute Gasteiger partial charge is 0.169 e. The maximum atomic E-state index is 13.9. The maximum Gasteiger partial charge on any atom is 0.169 e. The highest BCUT2D eigenvalue weighted by molar-refractivity contribution is 9.10. The summed E-state index contributed by atoms with van der Waals surface area (Å²) in [6.07, 6.45) is 0. The van der Waals surface area contributed by atoms with Gasteiger partial charge in [0.1, 0.15) is 11.6 Å². The minimum Gasteiger partial charge on any atom is -0.452 e. The van der Waals surface area contributed by atoms with Crippen LogP contribution >= 0.6 is 27.5 Å². The van der Waals surface area contributed by atoms with Gasteiger partial charge in [0.15, 0.2) is 4.67 Å². The monoisotopic (exact) mass is 331 g/mol. The summed E-state index contributed by atoms with van der Waals surface area (Å²) in [5.74, 6) is 0.311. The van der Waals surface area contributed by atoms with Crippen LogP contribution in [0.4, 0.5) is 4.39 Å². The third-order valence-corrected chi connectivity index (χ3v) is 3.22. The highest BCUT2D eigenvalue weighted by atomic mass is 79.9. The first-order chi connectivity index (χ1) is 8.61. The Morgan fingerprint density at radius 2 is 2.17 bits per heavy atom. The topological polar surface area (TPSA) is 25.2 Å². The summed E-state index contributed by atoms with van der Waals surface area (Å²) in [6, 6.07) is 7.92. The van der Waals surface area contributed by atoms with Gasteiger partial charge >= 0.3 is 0 Å². The van der Waals surface area contributed by atoms with Crippen molar-refractivity contribution >= 4 is 27.5 Å². The number of hydrogen-bond donors (Lipinski definition) is 1. The largest absolute Gasteiger partial charge is 0.452 e. The minimum absolute atomic E-state index is 0.321. The Balaban J connectivity index is 2.41. The standard InChI is InChI=1S/C13H12BrClFNO/c1-2-17-13(11-5-6-12(14)18-11)9-4-3-8(15)7-10(9)16/h3-7,13,17H,2H2,1H3. The lowest BCUT2D eigenvalue weighted by molar-refractivity contribution is 0.429. The molecule has 0 aliphatic carbocycles. The summed E-state index contributed by atoms with van der Waals surface area (Å²) >= 11 is 9.00. The second-order valence-corrected chi connectivity index (χ2v) is 5.02. The third kappa shape index (κ3) is 2.94. The fourth-order valence-electron chi connectivity index (χ4n) is 1.79. The van der Waals surface area contributed by atoms with Gasteiger partial charge in [0.05, 0.1) is 6.04 Å². The van der Waals surface area contributed by atoms with E-state index in [4.69, 9.17) is 16.0 Å². The van der Waals surface area contributed by atoms with E-state index in [1.807, 2.05) is 13.0 Å². The van der Waals surface area contributed by atoms with Gasteiger partial charge in [-0.3, -0.25) is 0 Å². The molecule has 0 aliphatic heterocycles. The van der Waals surface area contributed by atoms with Crippen molar-refractivity contribution in [3.8, 4) is 0 Å². The highest BCUT2D eigenvalue weighted by Gasteiger charge is 2.20. The van der Waals surface area contributed by atoms with Crippen molar-refractivity contribution in [2.24, 2.45) is 0 Å². The molecular formula is C13H12BrClFNO. The molecule has 1 N–H and O–H groups in total. The first-order valence-electron chi connectivity index (χ1n) is 5.55. The van der Waals surface area contributed by atoms with E-state index >= 15 is 0 Å². The number of furan rings is 1. The van der Waals surface area contributed by atoms with E-state index in [-0.39, 0.29) is 11.9 Å². The Kier molecular flexibility index (Phi) is 4.43. The summed E-state index contributed by atoms with van der Waals surface area (Å²) < 4.78 is 20.1. The Morgan fingerprint density at radius 3 is 2.72 bits per heavy atom. The zero-order valence-electron chi connectivity index (χ0n) is 9.71. The Bertz CT molecular complexity index is 544. The molecule has 0 aliphatic rings. The molecule has 5 heteroatoms. The maximum absolute atomic E-state index is 13.9. The average Bonchev–Trinajstić information content (AvgIpc) is 2.73. The van der Waals surface area contributed by atoms with Crippen LogP contribution in [0.25, 0.3) is 0 Å². The third-order valence-electron chi connectivity index (χ3n) is 2.56. The summed E-state index contributed by atoms with van der Waals surface area (Å²) in [5, 5.41) is 3.57. The van der Waals surface area contributed by atoms with E-state index in [0.29, 0.717) is 27.6 Å². The molecule has 1 aromatic carbocycles. The molecule has 0 saturated carbocycles. The fraction of sp³-hybridized carbons (Fsp3) is 0.231. The Hall–Kier alpha value is -0.840. The first kappa shape index (κ1) is 13.6. The van der Waals surface area contributed by atoms with Crippen LogP contribution in [-0.4, -0.2) is 6.54 Å². The van der Waals surface area contributed by atoms with Gasteiger partial charge in [0.25, 0.3) is 0 Å². The van der Waals surface area contributed by atoms with Gasteiger partial charge < -0.3 is 9.73 Å². The molecule has 1 aromatic heterocycles.